The van der Waals surface area contributed by atoms with Crippen molar-refractivity contribution in [2.75, 3.05) is 24.6 Å². The fourth-order valence-electron chi connectivity index (χ4n) is 1.28. The van der Waals surface area contributed by atoms with E-state index in [1.807, 2.05) is 24.0 Å². The topological polar surface area (TPSA) is 36.4 Å². The summed E-state index contributed by atoms with van der Waals surface area (Å²) in [4.78, 5) is 6.41. The lowest BCUT2D eigenvalue weighted by atomic mass is 10.3. The summed E-state index contributed by atoms with van der Waals surface area (Å²) in [7, 11) is 0. The van der Waals surface area contributed by atoms with E-state index in [4.69, 9.17) is 5.11 Å². The molecule has 0 radical (unpaired) electrons. The van der Waals surface area contributed by atoms with E-state index in [2.05, 4.69) is 27.5 Å². The van der Waals surface area contributed by atoms with Gasteiger partial charge in [0.15, 0.2) is 0 Å². The van der Waals surface area contributed by atoms with E-state index in [-0.39, 0.29) is 6.61 Å². The number of aromatic nitrogens is 1. The highest BCUT2D eigenvalue weighted by atomic mass is 79.9. The average molecular weight is 271 g/mol. The molecule has 1 aromatic rings. The summed E-state index contributed by atoms with van der Waals surface area (Å²) in [6, 6.07) is 3.89. The van der Waals surface area contributed by atoms with Crippen molar-refractivity contribution in [1.82, 2.24) is 4.98 Å². The van der Waals surface area contributed by atoms with Crippen LogP contribution in [0.2, 0.25) is 0 Å². The molecule has 0 aliphatic rings. The molecule has 0 aliphatic carbocycles. The van der Waals surface area contributed by atoms with Crippen LogP contribution in [0.5, 0.6) is 0 Å². The van der Waals surface area contributed by atoms with Crippen molar-refractivity contribution in [3.63, 3.8) is 0 Å². The van der Waals surface area contributed by atoms with Gasteiger partial charge in [-0.3, -0.25) is 0 Å². The zero-order valence-corrected chi connectivity index (χ0v) is 10.4. The van der Waals surface area contributed by atoms with Crippen molar-refractivity contribution in [3.05, 3.63) is 35.0 Å². The Kier molecular flexibility index (Phi) is 4.78. The lowest BCUT2D eigenvalue weighted by molar-refractivity contribution is 0.302. The molecule has 82 valence electrons. The number of hydrogen-bond acceptors (Lipinski definition) is 3. The molecular weight excluding hydrogens is 256 g/mol. The Hall–Kier alpha value is -0.870. The number of hydrogen-bond donors (Lipinski definition) is 1. The summed E-state index contributed by atoms with van der Waals surface area (Å²) < 4.78 is 0.994. The molecule has 4 heteroatoms. The first-order valence-electron chi connectivity index (χ1n) is 4.79. The maximum Gasteiger partial charge on any atom is 0.129 e. The molecule has 0 fully saturated rings. The predicted molar refractivity (Wildman–Crippen MR) is 66.2 cm³/mol. The number of aryl methyl sites for hydroxylation is 1. The molecule has 1 aromatic heterocycles. The zero-order chi connectivity index (χ0) is 11.3. The number of aliphatic hydroxyl groups excluding tert-OH is 1. The van der Waals surface area contributed by atoms with Crippen LogP contribution in [-0.2, 0) is 0 Å². The van der Waals surface area contributed by atoms with E-state index in [0.29, 0.717) is 13.1 Å². The van der Waals surface area contributed by atoms with E-state index in [0.717, 1.165) is 16.0 Å². The van der Waals surface area contributed by atoms with Crippen LogP contribution in [0.15, 0.2) is 29.3 Å². The van der Waals surface area contributed by atoms with Crippen molar-refractivity contribution in [2.45, 2.75) is 6.92 Å². The van der Waals surface area contributed by atoms with Crippen LogP contribution in [0, 0.1) is 6.92 Å². The Morgan fingerprint density at radius 1 is 1.60 bits per heavy atom. The van der Waals surface area contributed by atoms with Gasteiger partial charge in [0.2, 0.25) is 0 Å². The van der Waals surface area contributed by atoms with Crippen molar-refractivity contribution in [3.8, 4) is 0 Å². The first-order valence-corrected chi connectivity index (χ1v) is 5.58. The third-order valence-electron chi connectivity index (χ3n) is 2.05. The molecule has 0 spiro atoms. The third-order valence-corrected chi connectivity index (χ3v) is 2.89. The molecule has 0 atom stereocenters. The maximum atomic E-state index is 8.94. The SMILES string of the molecule is C=CCN(CCO)c1ccc(Br)c(C)n1. The normalized spacial score (nSPS) is 10.1. The quantitative estimate of drug-likeness (QED) is 0.833. The highest BCUT2D eigenvalue weighted by Gasteiger charge is 2.06. The number of halogens is 1. The number of aliphatic hydroxyl groups is 1. The number of anilines is 1. The van der Waals surface area contributed by atoms with Gasteiger partial charge in [-0.1, -0.05) is 6.08 Å². The van der Waals surface area contributed by atoms with Gasteiger partial charge < -0.3 is 10.0 Å². The smallest absolute Gasteiger partial charge is 0.129 e. The Morgan fingerprint density at radius 3 is 2.87 bits per heavy atom. The van der Waals surface area contributed by atoms with Gasteiger partial charge in [-0.15, -0.1) is 6.58 Å². The van der Waals surface area contributed by atoms with Gasteiger partial charge in [0.05, 0.1) is 12.3 Å². The number of pyridine rings is 1. The molecule has 0 saturated carbocycles. The van der Waals surface area contributed by atoms with Crippen LogP contribution in [0.25, 0.3) is 0 Å². The molecule has 0 unspecified atom stereocenters. The first kappa shape index (κ1) is 12.2. The minimum Gasteiger partial charge on any atom is -0.395 e. The van der Waals surface area contributed by atoms with Crippen molar-refractivity contribution < 1.29 is 5.11 Å². The molecular formula is C11H15BrN2O. The van der Waals surface area contributed by atoms with Crippen LogP contribution in [0.1, 0.15) is 5.69 Å². The minimum absolute atomic E-state index is 0.116. The Balaban J connectivity index is 2.89. The first-order chi connectivity index (χ1) is 7.19. The minimum atomic E-state index is 0.116. The molecule has 0 saturated heterocycles. The fourth-order valence-corrected chi connectivity index (χ4v) is 1.50. The van der Waals surface area contributed by atoms with E-state index in [9.17, 15) is 0 Å². The second-order valence-corrected chi connectivity index (χ2v) is 4.05. The van der Waals surface area contributed by atoms with Crippen LogP contribution in [0.4, 0.5) is 5.82 Å². The highest BCUT2D eigenvalue weighted by molar-refractivity contribution is 9.10. The summed E-state index contributed by atoms with van der Waals surface area (Å²) in [6.45, 7) is 7.01. The van der Waals surface area contributed by atoms with Crippen LogP contribution < -0.4 is 4.90 Å². The summed E-state index contributed by atoms with van der Waals surface area (Å²) in [5.41, 5.74) is 0.944. The van der Waals surface area contributed by atoms with Gasteiger partial charge in [-0.05, 0) is 35.0 Å². The van der Waals surface area contributed by atoms with Crippen molar-refractivity contribution in [2.24, 2.45) is 0 Å². The van der Waals surface area contributed by atoms with Crippen LogP contribution in [-0.4, -0.2) is 29.8 Å². The third kappa shape index (κ3) is 3.32. The van der Waals surface area contributed by atoms with Gasteiger partial charge in [0, 0.05) is 17.6 Å². The van der Waals surface area contributed by atoms with Crippen LogP contribution >= 0.6 is 15.9 Å². The van der Waals surface area contributed by atoms with E-state index < -0.39 is 0 Å². The molecule has 1 N–H and O–H groups in total. The number of rotatable bonds is 5. The van der Waals surface area contributed by atoms with Crippen LogP contribution in [0.3, 0.4) is 0 Å². The molecule has 1 heterocycles. The van der Waals surface area contributed by atoms with E-state index in [1.165, 1.54) is 0 Å². The molecule has 1 rings (SSSR count). The van der Waals surface area contributed by atoms with Crippen molar-refractivity contribution in [1.29, 1.82) is 0 Å². The monoisotopic (exact) mass is 270 g/mol. The molecule has 0 aromatic carbocycles. The Bertz CT molecular complexity index is 341. The van der Waals surface area contributed by atoms with Gasteiger partial charge >= 0.3 is 0 Å². The lowest BCUT2D eigenvalue weighted by Gasteiger charge is -2.21. The lowest BCUT2D eigenvalue weighted by Crippen LogP contribution is -2.27. The fraction of sp³-hybridized carbons (Fsp3) is 0.364. The van der Waals surface area contributed by atoms with Gasteiger partial charge in [-0.25, -0.2) is 4.98 Å². The second kappa shape index (κ2) is 5.88. The van der Waals surface area contributed by atoms with Gasteiger partial charge in [0.1, 0.15) is 5.82 Å². The molecule has 0 bridgehead atoms. The molecule has 15 heavy (non-hydrogen) atoms. The summed E-state index contributed by atoms with van der Waals surface area (Å²) in [5, 5.41) is 8.94. The van der Waals surface area contributed by atoms with Crippen molar-refractivity contribution >= 4 is 21.7 Å². The molecule has 0 amide bonds. The summed E-state index contributed by atoms with van der Waals surface area (Å²) >= 11 is 3.41. The standard InChI is InChI=1S/C11H15BrN2O/c1-3-6-14(7-8-15)11-5-4-10(12)9(2)13-11/h3-5,15H,1,6-8H2,2H3. The molecule has 0 aliphatic heterocycles. The molecule has 3 nitrogen and oxygen atoms in total. The van der Waals surface area contributed by atoms with E-state index in [1.54, 1.807) is 6.08 Å². The highest BCUT2D eigenvalue weighted by Crippen LogP contribution is 2.18. The van der Waals surface area contributed by atoms with Gasteiger partial charge in [0.25, 0.3) is 0 Å². The Labute approximate surface area is 98.6 Å². The van der Waals surface area contributed by atoms with Gasteiger partial charge in [-0.2, -0.15) is 0 Å². The summed E-state index contributed by atoms with van der Waals surface area (Å²) in [5.74, 6) is 0.865. The van der Waals surface area contributed by atoms with E-state index >= 15 is 0 Å². The summed E-state index contributed by atoms with van der Waals surface area (Å²) in [6.07, 6.45) is 1.80. The zero-order valence-electron chi connectivity index (χ0n) is 8.78. The number of nitrogens with zero attached hydrogens (tertiary/aromatic N) is 2. The predicted octanol–water partition coefficient (Wildman–Crippen LogP) is 2.14. The maximum absolute atomic E-state index is 8.94. The average Bonchev–Trinajstić information content (AvgIpc) is 2.22. The Morgan fingerprint density at radius 2 is 2.33 bits per heavy atom. The largest absolute Gasteiger partial charge is 0.395 e. The second-order valence-electron chi connectivity index (χ2n) is 3.19.